The molecule has 1 aromatic rings. The van der Waals surface area contributed by atoms with E-state index in [2.05, 4.69) is 0 Å². The van der Waals surface area contributed by atoms with E-state index in [1.165, 1.54) is 5.06 Å². The van der Waals surface area contributed by atoms with Crippen LogP contribution < -0.4 is 0 Å². The van der Waals surface area contributed by atoms with Crippen molar-refractivity contribution in [2.24, 2.45) is 11.3 Å². The molecule has 0 N–H and O–H groups in total. The fraction of sp³-hybridized carbons (Fsp3) is 0.526. The molecular weight excluding hydrogens is 306 g/mol. The van der Waals surface area contributed by atoms with Crippen molar-refractivity contribution >= 4 is 17.5 Å². The summed E-state index contributed by atoms with van der Waals surface area (Å²) in [6.45, 7) is 7.78. The van der Waals surface area contributed by atoms with Crippen molar-refractivity contribution in [1.82, 2.24) is 5.06 Å². The summed E-state index contributed by atoms with van der Waals surface area (Å²) in [5.41, 5.74) is 1.39. The molecule has 0 aromatic heterocycles. The van der Waals surface area contributed by atoms with Gasteiger partial charge in [-0.25, -0.2) is 4.79 Å². The fourth-order valence-corrected chi connectivity index (χ4v) is 2.45. The molecule has 1 unspecified atom stereocenters. The van der Waals surface area contributed by atoms with Gasteiger partial charge < -0.3 is 4.84 Å². The van der Waals surface area contributed by atoms with Crippen molar-refractivity contribution in [3.8, 4) is 0 Å². The lowest BCUT2D eigenvalue weighted by atomic mass is 9.90. The van der Waals surface area contributed by atoms with E-state index < -0.39 is 11.3 Å². The molecule has 1 aromatic carbocycles. The molecule has 1 aliphatic heterocycles. The molecular formula is C19H25NO4. The molecule has 0 spiro atoms. The first-order valence-corrected chi connectivity index (χ1v) is 8.25. The number of hydrogen-bond donors (Lipinski definition) is 0. The van der Waals surface area contributed by atoms with Crippen LogP contribution in [0.5, 0.6) is 0 Å². The largest absolute Gasteiger partial charge is 0.367 e. The molecule has 1 aliphatic rings. The summed E-state index contributed by atoms with van der Waals surface area (Å²) in [4.78, 5) is 41.9. The highest BCUT2D eigenvalue weighted by Crippen LogP contribution is 2.21. The van der Waals surface area contributed by atoms with Gasteiger partial charge in [-0.1, -0.05) is 29.8 Å². The van der Waals surface area contributed by atoms with E-state index in [0.29, 0.717) is 6.54 Å². The number of aryl methyl sites for hydroxylation is 1. The monoisotopic (exact) mass is 331 g/mol. The van der Waals surface area contributed by atoms with Crippen LogP contribution in [0.3, 0.4) is 0 Å². The first kappa shape index (κ1) is 18.3. The molecule has 0 saturated carbocycles. The van der Waals surface area contributed by atoms with Crippen LogP contribution in [0, 0.1) is 18.3 Å². The molecule has 5 heteroatoms. The zero-order valence-corrected chi connectivity index (χ0v) is 14.8. The van der Waals surface area contributed by atoms with Gasteiger partial charge in [-0.15, -0.1) is 5.06 Å². The average molecular weight is 331 g/mol. The van der Waals surface area contributed by atoms with E-state index in [0.717, 1.165) is 11.1 Å². The lowest BCUT2D eigenvalue weighted by Gasteiger charge is -2.31. The van der Waals surface area contributed by atoms with Crippen LogP contribution in [0.2, 0.25) is 0 Å². The van der Waals surface area contributed by atoms with E-state index >= 15 is 0 Å². The Bertz CT molecular complexity index is 628. The SMILES string of the molecule is Cc1ccc(CC(=O)C2CN(OC(=O)C(C)(C)C)CCC2=O)cc1. The Balaban J connectivity index is 2.00. The molecule has 1 atom stereocenters. The minimum absolute atomic E-state index is 0.0739. The predicted molar refractivity (Wildman–Crippen MR) is 90.1 cm³/mol. The topological polar surface area (TPSA) is 63.7 Å². The van der Waals surface area contributed by atoms with Crippen molar-refractivity contribution in [2.75, 3.05) is 13.1 Å². The van der Waals surface area contributed by atoms with E-state index in [9.17, 15) is 14.4 Å². The minimum atomic E-state index is -0.729. The number of nitrogens with zero attached hydrogens (tertiary/aromatic N) is 1. The summed E-state index contributed by atoms with van der Waals surface area (Å²) in [6, 6.07) is 7.70. The van der Waals surface area contributed by atoms with Gasteiger partial charge in [-0.3, -0.25) is 9.59 Å². The molecule has 0 bridgehead atoms. The molecule has 24 heavy (non-hydrogen) atoms. The Morgan fingerprint density at radius 1 is 1.21 bits per heavy atom. The van der Waals surface area contributed by atoms with Crippen molar-refractivity contribution in [3.05, 3.63) is 35.4 Å². The second-order valence-corrected chi connectivity index (χ2v) is 7.41. The highest BCUT2D eigenvalue weighted by Gasteiger charge is 2.35. The average Bonchev–Trinajstić information content (AvgIpc) is 2.50. The molecule has 2 rings (SSSR count). The van der Waals surface area contributed by atoms with E-state index in [4.69, 9.17) is 4.84 Å². The van der Waals surface area contributed by atoms with Crippen LogP contribution in [0.1, 0.15) is 38.3 Å². The number of rotatable bonds is 4. The van der Waals surface area contributed by atoms with E-state index in [-0.39, 0.29) is 36.9 Å². The number of Topliss-reactive ketones (excluding diaryl/α,β-unsaturated/α-hetero) is 2. The molecule has 0 aliphatic carbocycles. The van der Waals surface area contributed by atoms with Crippen LogP contribution in [0.15, 0.2) is 24.3 Å². The predicted octanol–water partition coefficient (Wildman–Crippen LogP) is 2.50. The molecule has 130 valence electrons. The maximum Gasteiger partial charge on any atom is 0.330 e. The molecule has 0 radical (unpaired) electrons. The number of hydroxylamine groups is 2. The maximum absolute atomic E-state index is 12.5. The van der Waals surface area contributed by atoms with Gasteiger partial charge in [0.05, 0.1) is 17.9 Å². The van der Waals surface area contributed by atoms with Gasteiger partial charge in [0.2, 0.25) is 0 Å². The summed E-state index contributed by atoms with van der Waals surface area (Å²) < 4.78 is 0. The Morgan fingerprint density at radius 2 is 1.83 bits per heavy atom. The van der Waals surface area contributed by atoms with Gasteiger partial charge in [0.1, 0.15) is 11.6 Å². The summed E-state index contributed by atoms with van der Waals surface area (Å²) in [7, 11) is 0. The maximum atomic E-state index is 12.5. The summed E-state index contributed by atoms with van der Waals surface area (Å²) >= 11 is 0. The van der Waals surface area contributed by atoms with Crippen LogP contribution >= 0.6 is 0 Å². The third kappa shape index (κ3) is 4.74. The van der Waals surface area contributed by atoms with Crippen molar-refractivity contribution in [2.45, 2.75) is 40.5 Å². The van der Waals surface area contributed by atoms with Crippen molar-refractivity contribution in [1.29, 1.82) is 0 Å². The lowest BCUT2D eigenvalue weighted by molar-refractivity contribution is -0.207. The number of ketones is 2. The highest BCUT2D eigenvalue weighted by molar-refractivity contribution is 6.03. The van der Waals surface area contributed by atoms with Crippen LogP contribution in [0.4, 0.5) is 0 Å². The second-order valence-electron chi connectivity index (χ2n) is 7.41. The summed E-state index contributed by atoms with van der Waals surface area (Å²) in [5, 5.41) is 1.45. The Morgan fingerprint density at radius 3 is 2.42 bits per heavy atom. The third-order valence-corrected chi connectivity index (χ3v) is 4.09. The van der Waals surface area contributed by atoms with Gasteiger partial charge in [-0.2, -0.15) is 0 Å². The highest BCUT2D eigenvalue weighted by atomic mass is 16.7. The number of piperidine rings is 1. The van der Waals surface area contributed by atoms with Crippen LogP contribution in [0.25, 0.3) is 0 Å². The van der Waals surface area contributed by atoms with Gasteiger partial charge in [0.15, 0.2) is 0 Å². The van der Waals surface area contributed by atoms with Gasteiger partial charge in [-0.05, 0) is 33.3 Å². The Labute approximate surface area is 142 Å². The minimum Gasteiger partial charge on any atom is -0.367 e. The van der Waals surface area contributed by atoms with Gasteiger partial charge >= 0.3 is 5.97 Å². The molecule has 5 nitrogen and oxygen atoms in total. The smallest absolute Gasteiger partial charge is 0.330 e. The van der Waals surface area contributed by atoms with Crippen molar-refractivity contribution < 1.29 is 19.2 Å². The van der Waals surface area contributed by atoms with Crippen LogP contribution in [-0.2, 0) is 25.6 Å². The zero-order chi connectivity index (χ0) is 17.9. The standard InChI is InChI=1S/C19H25NO4/c1-13-5-7-14(8-6-13)11-17(22)15-12-20(10-9-16(15)21)24-18(23)19(2,3)4/h5-8,15H,9-12H2,1-4H3. The quantitative estimate of drug-likeness (QED) is 0.793. The van der Waals surface area contributed by atoms with Gasteiger partial charge in [0.25, 0.3) is 0 Å². The molecule has 1 fully saturated rings. The molecule has 1 saturated heterocycles. The Kier molecular flexibility index (Phi) is 5.54. The summed E-state index contributed by atoms with van der Waals surface area (Å²) in [5.74, 6) is -1.29. The van der Waals surface area contributed by atoms with Gasteiger partial charge in [0, 0.05) is 19.4 Å². The van der Waals surface area contributed by atoms with E-state index in [1.54, 1.807) is 20.8 Å². The summed E-state index contributed by atoms with van der Waals surface area (Å²) in [6.07, 6.45) is 0.444. The number of carbonyl (C=O) groups is 3. The molecule has 0 amide bonds. The van der Waals surface area contributed by atoms with E-state index in [1.807, 2.05) is 31.2 Å². The second kappa shape index (κ2) is 7.26. The molecule has 1 heterocycles. The number of hydrogen-bond acceptors (Lipinski definition) is 5. The van der Waals surface area contributed by atoms with Crippen LogP contribution in [-0.4, -0.2) is 35.7 Å². The number of carbonyl (C=O) groups excluding carboxylic acids is 3. The van der Waals surface area contributed by atoms with Crippen molar-refractivity contribution in [3.63, 3.8) is 0 Å². The third-order valence-electron chi connectivity index (χ3n) is 4.09. The normalized spacial score (nSPS) is 19.2. The lowest BCUT2D eigenvalue weighted by Crippen LogP contribution is -2.46. The first-order chi connectivity index (χ1) is 11.2. The zero-order valence-electron chi connectivity index (χ0n) is 14.8. The Hall–Kier alpha value is -2.01. The fourth-order valence-electron chi connectivity index (χ4n) is 2.45. The first-order valence-electron chi connectivity index (χ1n) is 8.25. The number of benzene rings is 1.